The van der Waals surface area contributed by atoms with Crippen LogP contribution in [0.25, 0.3) is 0 Å². The summed E-state index contributed by atoms with van der Waals surface area (Å²) < 4.78 is 4.94. The van der Waals surface area contributed by atoms with Gasteiger partial charge in [-0.05, 0) is 24.5 Å². The summed E-state index contributed by atoms with van der Waals surface area (Å²) in [6.45, 7) is 3.83. The molecule has 0 radical (unpaired) electrons. The molecule has 1 unspecified atom stereocenters. The summed E-state index contributed by atoms with van der Waals surface area (Å²) in [6, 6.07) is 8.20. The molecule has 0 fully saturated rings. The van der Waals surface area contributed by atoms with Gasteiger partial charge in [-0.3, -0.25) is 9.69 Å². The van der Waals surface area contributed by atoms with Crippen LogP contribution in [0.2, 0.25) is 0 Å². The van der Waals surface area contributed by atoms with Gasteiger partial charge in [0.05, 0.1) is 25.7 Å². The van der Waals surface area contributed by atoms with Crippen molar-refractivity contribution in [2.75, 3.05) is 26.3 Å². The minimum Gasteiger partial charge on any atom is -0.466 e. The standard InChI is InChI=1S/C15H21NO3/c1-2-19-15(18)8-10-16-9-7-12-5-3-4-6-13(12)14(16)11-17/h3-6,14,17H,2,7-11H2,1H3. The molecule has 1 aliphatic heterocycles. The Balaban J connectivity index is 2.01. The summed E-state index contributed by atoms with van der Waals surface area (Å²) >= 11 is 0. The molecule has 0 bridgehead atoms. The number of fused-ring (bicyclic) bond motifs is 1. The van der Waals surface area contributed by atoms with E-state index in [9.17, 15) is 9.90 Å². The van der Waals surface area contributed by atoms with E-state index in [1.54, 1.807) is 0 Å². The monoisotopic (exact) mass is 263 g/mol. The van der Waals surface area contributed by atoms with Gasteiger partial charge in [0.1, 0.15) is 0 Å². The van der Waals surface area contributed by atoms with Crippen LogP contribution in [0.1, 0.15) is 30.5 Å². The zero-order chi connectivity index (χ0) is 13.7. The lowest BCUT2D eigenvalue weighted by molar-refractivity contribution is -0.143. The predicted octanol–water partition coefficient (Wildman–Crippen LogP) is 1.53. The molecule has 19 heavy (non-hydrogen) atoms. The highest BCUT2D eigenvalue weighted by molar-refractivity contribution is 5.69. The van der Waals surface area contributed by atoms with E-state index >= 15 is 0 Å². The summed E-state index contributed by atoms with van der Waals surface area (Å²) in [7, 11) is 0. The molecule has 1 aromatic rings. The quantitative estimate of drug-likeness (QED) is 0.819. The fourth-order valence-electron chi connectivity index (χ4n) is 2.65. The molecular weight excluding hydrogens is 242 g/mol. The van der Waals surface area contributed by atoms with E-state index in [-0.39, 0.29) is 18.6 Å². The number of aliphatic hydroxyl groups excluding tert-OH is 1. The third-order valence-corrected chi connectivity index (χ3v) is 3.60. The van der Waals surface area contributed by atoms with E-state index in [0.29, 0.717) is 19.6 Å². The average molecular weight is 263 g/mol. The van der Waals surface area contributed by atoms with E-state index in [1.807, 2.05) is 19.1 Å². The molecule has 0 aromatic heterocycles. The van der Waals surface area contributed by atoms with Crippen LogP contribution in [-0.4, -0.2) is 42.3 Å². The SMILES string of the molecule is CCOC(=O)CCN1CCc2ccccc2C1CO. The second-order valence-corrected chi connectivity index (χ2v) is 4.74. The smallest absolute Gasteiger partial charge is 0.307 e. The van der Waals surface area contributed by atoms with Crippen molar-refractivity contribution in [3.8, 4) is 0 Å². The van der Waals surface area contributed by atoms with Crippen molar-refractivity contribution >= 4 is 5.97 Å². The lowest BCUT2D eigenvalue weighted by Gasteiger charge is -2.36. The largest absolute Gasteiger partial charge is 0.466 e. The molecule has 104 valence electrons. The highest BCUT2D eigenvalue weighted by Crippen LogP contribution is 2.29. The summed E-state index contributed by atoms with van der Waals surface area (Å²) in [6.07, 6.45) is 1.35. The molecule has 2 rings (SSSR count). The van der Waals surface area contributed by atoms with Gasteiger partial charge in [0, 0.05) is 13.1 Å². The van der Waals surface area contributed by atoms with E-state index in [1.165, 1.54) is 11.1 Å². The number of hydrogen-bond acceptors (Lipinski definition) is 4. The number of aliphatic hydroxyl groups is 1. The van der Waals surface area contributed by atoms with Crippen molar-refractivity contribution in [1.29, 1.82) is 0 Å². The van der Waals surface area contributed by atoms with Gasteiger partial charge in [-0.15, -0.1) is 0 Å². The molecule has 4 heteroatoms. The molecule has 1 aromatic carbocycles. The van der Waals surface area contributed by atoms with Gasteiger partial charge >= 0.3 is 5.97 Å². The number of nitrogens with zero attached hydrogens (tertiary/aromatic N) is 1. The summed E-state index contributed by atoms with van der Waals surface area (Å²) in [4.78, 5) is 13.6. The number of hydrogen-bond donors (Lipinski definition) is 1. The van der Waals surface area contributed by atoms with Crippen LogP contribution in [0.5, 0.6) is 0 Å². The number of ether oxygens (including phenoxy) is 1. The van der Waals surface area contributed by atoms with Crippen LogP contribution in [0.4, 0.5) is 0 Å². The Morgan fingerprint density at radius 3 is 3.00 bits per heavy atom. The van der Waals surface area contributed by atoms with Crippen LogP contribution in [0, 0.1) is 0 Å². The Morgan fingerprint density at radius 2 is 2.26 bits per heavy atom. The van der Waals surface area contributed by atoms with Gasteiger partial charge in [0.25, 0.3) is 0 Å². The number of rotatable bonds is 5. The van der Waals surface area contributed by atoms with Crippen LogP contribution in [0.3, 0.4) is 0 Å². The maximum atomic E-state index is 11.4. The molecule has 1 N–H and O–H groups in total. The van der Waals surface area contributed by atoms with Gasteiger partial charge < -0.3 is 9.84 Å². The second kappa shape index (κ2) is 6.68. The first-order valence-electron chi connectivity index (χ1n) is 6.84. The molecule has 0 saturated heterocycles. The van der Waals surface area contributed by atoms with Gasteiger partial charge in [0.2, 0.25) is 0 Å². The van der Waals surface area contributed by atoms with Crippen molar-refractivity contribution in [3.63, 3.8) is 0 Å². The zero-order valence-corrected chi connectivity index (χ0v) is 11.3. The van der Waals surface area contributed by atoms with Crippen LogP contribution in [0.15, 0.2) is 24.3 Å². The Labute approximate surface area is 114 Å². The maximum Gasteiger partial charge on any atom is 0.307 e. The minimum absolute atomic E-state index is 0.000577. The maximum absolute atomic E-state index is 11.4. The van der Waals surface area contributed by atoms with Crippen molar-refractivity contribution in [2.45, 2.75) is 25.8 Å². The van der Waals surface area contributed by atoms with E-state index in [0.717, 1.165) is 13.0 Å². The normalized spacial score (nSPS) is 18.9. The van der Waals surface area contributed by atoms with E-state index in [2.05, 4.69) is 17.0 Å². The first-order valence-corrected chi connectivity index (χ1v) is 6.84. The predicted molar refractivity (Wildman–Crippen MR) is 72.8 cm³/mol. The molecule has 4 nitrogen and oxygen atoms in total. The third-order valence-electron chi connectivity index (χ3n) is 3.60. The van der Waals surface area contributed by atoms with Gasteiger partial charge in [0.15, 0.2) is 0 Å². The van der Waals surface area contributed by atoms with Gasteiger partial charge in [-0.25, -0.2) is 0 Å². The summed E-state index contributed by atoms with van der Waals surface area (Å²) in [5.41, 5.74) is 2.48. The van der Waals surface area contributed by atoms with Crippen molar-refractivity contribution in [2.24, 2.45) is 0 Å². The fourth-order valence-corrected chi connectivity index (χ4v) is 2.65. The lowest BCUT2D eigenvalue weighted by Crippen LogP contribution is -2.38. The number of carbonyl (C=O) groups excluding carboxylic acids is 1. The van der Waals surface area contributed by atoms with Crippen LogP contribution < -0.4 is 0 Å². The second-order valence-electron chi connectivity index (χ2n) is 4.74. The van der Waals surface area contributed by atoms with Crippen molar-refractivity contribution in [1.82, 2.24) is 4.90 Å². The molecule has 1 atom stereocenters. The summed E-state index contributed by atoms with van der Waals surface area (Å²) in [5, 5.41) is 9.62. The van der Waals surface area contributed by atoms with Crippen molar-refractivity contribution in [3.05, 3.63) is 35.4 Å². The molecule has 1 heterocycles. The highest BCUT2D eigenvalue weighted by atomic mass is 16.5. The Kier molecular flexibility index (Phi) is 4.93. The molecule has 0 saturated carbocycles. The Morgan fingerprint density at radius 1 is 1.47 bits per heavy atom. The number of esters is 1. The van der Waals surface area contributed by atoms with Crippen molar-refractivity contribution < 1.29 is 14.6 Å². The van der Waals surface area contributed by atoms with Crippen LogP contribution in [-0.2, 0) is 16.0 Å². The molecular formula is C15H21NO3. The average Bonchev–Trinajstić information content (AvgIpc) is 2.44. The lowest BCUT2D eigenvalue weighted by atomic mass is 9.93. The molecule has 0 aliphatic carbocycles. The van der Waals surface area contributed by atoms with Crippen LogP contribution >= 0.6 is 0 Å². The Hall–Kier alpha value is -1.39. The topological polar surface area (TPSA) is 49.8 Å². The molecule has 1 aliphatic rings. The van der Waals surface area contributed by atoms with Gasteiger partial charge in [-0.2, -0.15) is 0 Å². The first-order chi connectivity index (χ1) is 9.26. The zero-order valence-electron chi connectivity index (χ0n) is 11.3. The number of carbonyl (C=O) groups is 1. The third kappa shape index (κ3) is 3.33. The van der Waals surface area contributed by atoms with Gasteiger partial charge in [-0.1, -0.05) is 24.3 Å². The Bertz CT molecular complexity index is 433. The molecule has 0 amide bonds. The summed E-state index contributed by atoms with van der Waals surface area (Å²) in [5.74, 6) is -0.168. The van der Waals surface area contributed by atoms with E-state index in [4.69, 9.17) is 4.74 Å². The number of benzene rings is 1. The minimum atomic E-state index is -0.168. The molecule has 0 spiro atoms. The highest BCUT2D eigenvalue weighted by Gasteiger charge is 2.26. The van der Waals surface area contributed by atoms with E-state index < -0.39 is 0 Å². The first kappa shape index (κ1) is 14.0. The fraction of sp³-hybridized carbons (Fsp3) is 0.533.